The largest absolute Gasteiger partial charge is 0.492 e. The highest BCUT2D eigenvalue weighted by Gasteiger charge is 2.17. The van der Waals surface area contributed by atoms with Crippen LogP contribution >= 0.6 is 0 Å². The molecule has 0 radical (unpaired) electrons. The Morgan fingerprint density at radius 3 is 1.97 bits per heavy atom. The van der Waals surface area contributed by atoms with Crippen LogP contribution in [0.15, 0.2) is 60.7 Å². The number of ether oxygens (including phenoxy) is 3. The average molecular weight is 491 g/mol. The van der Waals surface area contributed by atoms with Gasteiger partial charge < -0.3 is 24.8 Å². The molecule has 36 heavy (non-hydrogen) atoms. The van der Waals surface area contributed by atoms with Crippen molar-refractivity contribution in [1.82, 2.24) is 0 Å². The fourth-order valence-electron chi connectivity index (χ4n) is 3.81. The van der Waals surface area contributed by atoms with Gasteiger partial charge in [-0.1, -0.05) is 38.1 Å². The number of amides is 2. The SMILES string of the molecule is CCOc1cc(NC(=O)c2ccccc2)c(OCC)cc1NC(=O)COc1ccc(C(C)C)c(C)c1. The molecule has 0 fully saturated rings. The van der Waals surface area contributed by atoms with Crippen molar-refractivity contribution in [2.75, 3.05) is 30.5 Å². The summed E-state index contributed by atoms with van der Waals surface area (Å²) in [7, 11) is 0. The average Bonchev–Trinajstić information content (AvgIpc) is 2.85. The summed E-state index contributed by atoms with van der Waals surface area (Å²) in [5.41, 5.74) is 3.76. The molecule has 7 heteroatoms. The zero-order valence-electron chi connectivity index (χ0n) is 21.5. The van der Waals surface area contributed by atoms with E-state index in [0.717, 1.165) is 5.56 Å². The summed E-state index contributed by atoms with van der Waals surface area (Å²) < 4.78 is 17.2. The lowest BCUT2D eigenvalue weighted by Gasteiger charge is -2.18. The van der Waals surface area contributed by atoms with Crippen molar-refractivity contribution in [3.8, 4) is 17.2 Å². The molecule has 7 nitrogen and oxygen atoms in total. The highest BCUT2D eigenvalue weighted by molar-refractivity contribution is 6.05. The quantitative estimate of drug-likeness (QED) is 0.335. The van der Waals surface area contributed by atoms with E-state index >= 15 is 0 Å². The zero-order chi connectivity index (χ0) is 26.1. The number of rotatable bonds is 11. The number of benzene rings is 3. The second-order valence-corrected chi connectivity index (χ2v) is 8.54. The van der Waals surface area contributed by atoms with Crippen molar-refractivity contribution in [3.05, 3.63) is 77.4 Å². The van der Waals surface area contributed by atoms with Crippen LogP contribution in [-0.2, 0) is 4.79 Å². The van der Waals surface area contributed by atoms with E-state index in [4.69, 9.17) is 14.2 Å². The molecule has 0 aliphatic carbocycles. The van der Waals surface area contributed by atoms with Gasteiger partial charge in [0.1, 0.15) is 17.2 Å². The first-order valence-electron chi connectivity index (χ1n) is 12.2. The van der Waals surface area contributed by atoms with E-state index in [9.17, 15) is 9.59 Å². The van der Waals surface area contributed by atoms with Gasteiger partial charge in [-0.3, -0.25) is 9.59 Å². The first-order valence-corrected chi connectivity index (χ1v) is 12.2. The number of hydrogen-bond acceptors (Lipinski definition) is 5. The molecule has 0 unspecified atom stereocenters. The summed E-state index contributed by atoms with van der Waals surface area (Å²) in [6, 6.07) is 18.0. The first-order chi connectivity index (χ1) is 17.3. The summed E-state index contributed by atoms with van der Waals surface area (Å²) in [5.74, 6) is 1.26. The highest BCUT2D eigenvalue weighted by Crippen LogP contribution is 2.37. The molecule has 0 saturated heterocycles. The van der Waals surface area contributed by atoms with Crippen molar-refractivity contribution < 1.29 is 23.8 Å². The van der Waals surface area contributed by atoms with E-state index in [1.807, 2.05) is 45.0 Å². The molecule has 0 aliphatic heterocycles. The van der Waals surface area contributed by atoms with Gasteiger partial charge in [-0.25, -0.2) is 0 Å². The van der Waals surface area contributed by atoms with Gasteiger partial charge in [0.15, 0.2) is 6.61 Å². The predicted octanol–water partition coefficient (Wildman–Crippen LogP) is 6.19. The standard InChI is InChI=1S/C29H34N2O5/c1-6-34-26-17-25(31-29(33)21-11-9-8-10-12-21)27(35-7-2)16-24(26)30-28(32)18-36-22-13-14-23(19(3)4)20(5)15-22/h8-17,19H,6-7,18H2,1-5H3,(H,30,32)(H,31,33). The van der Waals surface area contributed by atoms with Crippen LogP contribution in [0.25, 0.3) is 0 Å². The molecule has 3 aromatic carbocycles. The van der Waals surface area contributed by atoms with Gasteiger partial charge in [-0.05, 0) is 62.1 Å². The molecule has 0 saturated carbocycles. The third-order valence-electron chi connectivity index (χ3n) is 5.47. The first kappa shape index (κ1) is 26.6. The van der Waals surface area contributed by atoms with Crippen LogP contribution in [0, 0.1) is 6.92 Å². The molecule has 0 heterocycles. The van der Waals surface area contributed by atoms with Gasteiger partial charge in [0, 0.05) is 17.7 Å². The number of anilines is 2. The molecule has 3 rings (SSSR count). The fraction of sp³-hybridized carbons (Fsp3) is 0.310. The van der Waals surface area contributed by atoms with E-state index in [1.54, 1.807) is 36.4 Å². The van der Waals surface area contributed by atoms with Crippen LogP contribution in [0.4, 0.5) is 11.4 Å². The lowest BCUT2D eigenvalue weighted by Crippen LogP contribution is -2.21. The van der Waals surface area contributed by atoms with Crippen molar-refractivity contribution in [3.63, 3.8) is 0 Å². The maximum atomic E-state index is 12.7. The molecular weight excluding hydrogens is 456 g/mol. The Bertz CT molecular complexity index is 1190. The Hall–Kier alpha value is -4.00. The van der Waals surface area contributed by atoms with E-state index in [0.29, 0.717) is 53.3 Å². The monoisotopic (exact) mass is 490 g/mol. The number of carbonyl (C=O) groups excluding carboxylic acids is 2. The highest BCUT2D eigenvalue weighted by atomic mass is 16.5. The molecule has 3 aromatic rings. The molecule has 0 spiro atoms. The van der Waals surface area contributed by atoms with E-state index in [1.165, 1.54) is 5.56 Å². The lowest BCUT2D eigenvalue weighted by atomic mass is 9.98. The molecule has 0 aromatic heterocycles. The number of aryl methyl sites for hydroxylation is 1. The maximum Gasteiger partial charge on any atom is 0.262 e. The summed E-state index contributed by atoms with van der Waals surface area (Å²) in [6.45, 7) is 10.6. The molecule has 2 N–H and O–H groups in total. The van der Waals surface area contributed by atoms with Crippen molar-refractivity contribution >= 4 is 23.2 Å². The Morgan fingerprint density at radius 2 is 1.42 bits per heavy atom. The number of carbonyl (C=O) groups is 2. The molecule has 0 atom stereocenters. The van der Waals surface area contributed by atoms with Gasteiger partial charge in [0.05, 0.1) is 24.6 Å². The maximum absolute atomic E-state index is 12.7. The van der Waals surface area contributed by atoms with Gasteiger partial charge >= 0.3 is 0 Å². The van der Waals surface area contributed by atoms with Crippen molar-refractivity contribution in [2.45, 2.75) is 40.5 Å². The Balaban J connectivity index is 1.76. The smallest absolute Gasteiger partial charge is 0.262 e. The minimum Gasteiger partial charge on any atom is -0.492 e. The Kier molecular flexibility index (Phi) is 9.33. The third-order valence-corrected chi connectivity index (χ3v) is 5.47. The summed E-state index contributed by atoms with van der Waals surface area (Å²) >= 11 is 0. The summed E-state index contributed by atoms with van der Waals surface area (Å²) in [5, 5.41) is 5.71. The summed E-state index contributed by atoms with van der Waals surface area (Å²) in [6.07, 6.45) is 0. The van der Waals surface area contributed by atoms with E-state index in [2.05, 4.69) is 24.5 Å². The zero-order valence-corrected chi connectivity index (χ0v) is 21.5. The number of nitrogens with one attached hydrogen (secondary N) is 2. The minimum atomic E-state index is -0.343. The molecule has 2 amide bonds. The van der Waals surface area contributed by atoms with E-state index in [-0.39, 0.29) is 18.4 Å². The number of hydrogen-bond donors (Lipinski definition) is 2. The lowest BCUT2D eigenvalue weighted by molar-refractivity contribution is -0.118. The molecule has 190 valence electrons. The van der Waals surface area contributed by atoms with Gasteiger partial charge in [-0.2, -0.15) is 0 Å². The van der Waals surface area contributed by atoms with Crippen LogP contribution in [0.3, 0.4) is 0 Å². The second kappa shape index (κ2) is 12.6. The normalized spacial score (nSPS) is 10.6. The summed E-state index contributed by atoms with van der Waals surface area (Å²) in [4.78, 5) is 25.4. The predicted molar refractivity (Wildman–Crippen MR) is 143 cm³/mol. The molecule has 0 aliphatic rings. The Morgan fingerprint density at radius 1 is 0.806 bits per heavy atom. The third kappa shape index (κ3) is 7.01. The second-order valence-electron chi connectivity index (χ2n) is 8.54. The fourth-order valence-corrected chi connectivity index (χ4v) is 3.81. The van der Waals surface area contributed by atoms with Gasteiger partial charge in [0.25, 0.3) is 11.8 Å². The van der Waals surface area contributed by atoms with Crippen LogP contribution in [0.2, 0.25) is 0 Å². The Labute approximate surface area is 212 Å². The van der Waals surface area contributed by atoms with Crippen molar-refractivity contribution in [1.29, 1.82) is 0 Å². The van der Waals surface area contributed by atoms with E-state index < -0.39 is 0 Å². The van der Waals surface area contributed by atoms with Crippen LogP contribution in [0.5, 0.6) is 17.2 Å². The minimum absolute atomic E-state index is 0.164. The van der Waals surface area contributed by atoms with Gasteiger partial charge in [-0.15, -0.1) is 0 Å². The van der Waals surface area contributed by atoms with Crippen LogP contribution in [-0.4, -0.2) is 31.6 Å². The van der Waals surface area contributed by atoms with Crippen LogP contribution < -0.4 is 24.8 Å². The van der Waals surface area contributed by atoms with Gasteiger partial charge in [0.2, 0.25) is 0 Å². The molecule has 0 bridgehead atoms. The molecular formula is C29H34N2O5. The topological polar surface area (TPSA) is 85.9 Å². The van der Waals surface area contributed by atoms with Crippen LogP contribution in [0.1, 0.15) is 55.1 Å². The van der Waals surface area contributed by atoms with Crippen molar-refractivity contribution in [2.24, 2.45) is 0 Å².